The quantitative estimate of drug-likeness (QED) is 0.439. The Labute approximate surface area is 192 Å². The fourth-order valence-corrected chi connectivity index (χ4v) is 4.22. The predicted octanol–water partition coefficient (Wildman–Crippen LogP) is 2.47. The van der Waals surface area contributed by atoms with E-state index in [4.69, 9.17) is 4.74 Å². The molecule has 33 heavy (non-hydrogen) atoms. The average Bonchev–Trinajstić information content (AvgIpc) is 3.20. The normalized spacial score (nSPS) is 11.3. The number of hydrogen-bond acceptors (Lipinski definition) is 6. The van der Waals surface area contributed by atoms with Gasteiger partial charge in [0.1, 0.15) is 12.3 Å². The third kappa shape index (κ3) is 6.64. The summed E-state index contributed by atoms with van der Waals surface area (Å²) in [4.78, 5) is 24.8. The van der Waals surface area contributed by atoms with E-state index in [0.29, 0.717) is 17.1 Å². The lowest BCUT2D eigenvalue weighted by atomic mass is 10.2. The first-order valence-electron chi connectivity index (χ1n) is 10.1. The Balaban J connectivity index is 1.61. The maximum absolute atomic E-state index is 12.6. The van der Waals surface area contributed by atoms with Crippen LogP contribution in [0.1, 0.15) is 24.2 Å². The topological polar surface area (TPSA) is 131 Å². The van der Waals surface area contributed by atoms with Gasteiger partial charge in [-0.1, -0.05) is 6.07 Å². The second-order valence-corrected chi connectivity index (χ2v) is 9.18. The van der Waals surface area contributed by atoms with Crippen LogP contribution < -0.4 is 20.1 Å². The monoisotopic (exact) mass is 471 g/mol. The predicted molar refractivity (Wildman–Crippen MR) is 124 cm³/mol. The highest BCUT2D eigenvalue weighted by atomic mass is 32.2. The summed E-state index contributed by atoms with van der Waals surface area (Å²) in [5, 5.41) is 9.47. The largest absolute Gasteiger partial charge is 0.497 e. The van der Waals surface area contributed by atoms with Gasteiger partial charge < -0.3 is 15.4 Å². The molecular formula is C22H25N5O5S. The molecule has 2 amide bonds. The van der Waals surface area contributed by atoms with Crippen LogP contribution >= 0.6 is 0 Å². The van der Waals surface area contributed by atoms with Gasteiger partial charge in [0.05, 0.1) is 23.9 Å². The maximum Gasteiger partial charge on any atom is 0.255 e. The summed E-state index contributed by atoms with van der Waals surface area (Å²) in [6.45, 7) is 3.36. The van der Waals surface area contributed by atoms with Crippen LogP contribution in [-0.2, 0) is 21.4 Å². The van der Waals surface area contributed by atoms with Crippen LogP contribution in [0.3, 0.4) is 0 Å². The van der Waals surface area contributed by atoms with Crippen LogP contribution in [0.15, 0.2) is 65.8 Å². The number of aromatic nitrogens is 2. The molecule has 3 aromatic rings. The highest BCUT2D eigenvalue weighted by Crippen LogP contribution is 2.16. The SMILES string of the molecule is COc1ccc(NC(=O)Cn2cc(NC(=O)c3cccc(S(=O)(=O)NC(C)C)c3)cn2)cc1. The van der Waals surface area contributed by atoms with Gasteiger partial charge in [-0.05, 0) is 56.3 Å². The zero-order chi connectivity index (χ0) is 24.0. The number of ether oxygens (including phenoxy) is 1. The Hall–Kier alpha value is -3.70. The zero-order valence-electron chi connectivity index (χ0n) is 18.4. The fraction of sp³-hybridized carbons (Fsp3) is 0.227. The number of carbonyl (C=O) groups excluding carboxylic acids is 2. The van der Waals surface area contributed by atoms with E-state index in [1.807, 2.05) is 0 Å². The molecule has 0 unspecified atom stereocenters. The summed E-state index contributed by atoms with van der Waals surface area (Å²) in [6, 6.07) is 12.3. The number of nitrogens with one attached hydrogen (secondary N) is 3. The van der Waals surface area contributed by atoms with E-state index in [2.05, 4.69) is 20.5 Å². The van der Waals surface area contributed by atoms with Crippen LogP contribution in [0, 0.1) is 0 Å². The number of methoxy groups -OCH3 is 1. The van der Waals surface area contributed by atoms with Crippen LogP contribution in [0.4, 0.5) is 11.4 Å². The number of sulfonamides is 1. The van der Waals surface area contributed by atoms with Gasteiger partial charge in [0.2, 0.25) is 15.9 Å². The number of anilines is 2. The van der Waals surface area contributed by atoms with Gasteiger partial charge in [-0.3, -0.25) is 14.3 Å². The van der Waals surface area contributed by atoms with Crippen LogP contribution in [0.25, 0.3) is 0 Å². The second kappa shape index (κ2) is 10.3. The summed E-state index contributed by atoms with van der Waals surface area (Å²) in [5.41, 5.74) is 1.15. The molecule has 0 spiro atoms. The van der Waals surface area contributed by atoms with Gasteiger partial charge in [-0.2, -0.15) is 5.10 Å². The molecule has 0 aliphatic carbocycles. The molecular weight excluding hydrogens is 446 g/mol. The Morgan fingerprint density at radius 1 is 1.06 bits per heavy atom. The fourth-order valence-electron chi connectivity index (χ4n) is 2.92. The standard InChI is InChI=1S/C22H25N5O5S/c1-15(2)26-33(30,31)20-6-4-5-16(11-20)22(29)25-18-12-23-27(13-18)14-21(28)24-17-7-9-19(32-3)10-8-17/h4-13,15,26H,14H2,1-3H3,(H,24,28)(H,25,29). The smallest absolute Gasteiger partial charge is 0.255 e. The summed E-state index contributed by atoms with van der Waals surface area (Å²) < 4.78 is 33.6. The van der Waals surface area contributed by atoms with Gasteiger partial charge >= 0.3 is 0 Å². The Morgan fingerprint density at radius 3 is 2.45 bits per heavy atom. The van der Waals surface area contributed by atoms with Crippen LogP contribution in [0.2, 0.25) is 0 Å². The molecule has 3 N–H and O–H groups in total. The third-order valence-electron chi connectivity index (χ3n) is 4.37. The van der Waals surface area contributed by atoms with Gasteiger partial charge in [-0.25, -0.2) is 13.1 Å². The maximum atomic E-state index is 12.6. The first kappa shape index (κ1) is 24.0. The molecule has 0 aliphatic heterocycles. The highest BCUT2D eigenvalue weighted by Gasteiger charge is 2.17. The van der Waals surface area contributed by atoms with E-state index < -0.39 is 15.9 Å². The number of amides is 2. The first-order chi connectivity index (χ1) is 15.7. The summed E-state index contributed by atoms with van der Waals surface area (Å²) >= 11 is 0. The minimum atomic E-state index is -3.73. The number of rotatable bonds is 9. The summed E-state index contributed by atoms with van der Waals surface area (Å²) in [5.74, 6) is -0.115. The van der Waals surface area contributed by atoms with Crippen LogP contribution in [-0.4, -0.2) is 43.2 Å². The van der Waals surface area contributed by atoms with E-state index in [1.54, 1.807) is 45.2 Å². The van der Waals surface area contributed by atoms with E-state index >= 15 is 0 Å². The average molecular weight is 472 g/mol. The van der Waals surface area contributed by atoms with Crippen molar-refractivity contribution in [1.82, 2.24) is 14.5 Å². The van der Waals surface area contributed by atoms with Crippen molar-refractivity contribution in [2.75, 3.05) is 17.7 Å². The molecule has 3 rings (SSSR count). The first-order valence-corrected chi connectivity index (χ1v) is 11.5. The van der Waals surface area contributed by atoms with Crippen molar-refractivity contribution in [2.45, 2.75) is 31.3 Å². The van der Waals surface area contributed by atoms with Crippen molar-refractivity contribution < 1.29 is 22.7 Å². The molecule has 1 heterocycles. The highest BCUT2D eigenvalue weighted by molar-refractivity contribution is 7.89. The molecule has 0 bridgehead atoms. The van der Waals surface area contributed by atoms with Crippen molar-refractivity contribution >= 4 is 33.2 Å². The zero-order valence-corrected chi connectivity index (χ0v) is 19.2. The summed E-state index contributed by atoms with van der Waals surface area (Å²) in [7, 11) is -2.17. The molecule has 0 aliphatic rings. The van der Waals surface area contributed by atoms with Gasteiger partial charge in [0.25, 0.3) is 5.91 Å². The molecule has 0 atom stereocenters. The van der Waals surface area contributed by atoms with E-state index in [1.165, 1.54) is 41.3 Å². The van der Waals surface area contributed by atoms with E-state index in [0.717, 1.165) is 0 Å². The lowest BCUT2D eigenvalue weighted by molar-refractivity contribution is -0.116. The second-order valence-electron chi connectivity index (χ2n) is 7.46. The number of carbonyl (C=O) groups is 2. The minimum Gasteiger partial charge on any atom is -0.497 e. The molecule has 1 aromatic heterocycles. The Morgan fingerprint density at radius 2 is 1.79 bits per heavy atom. The van der Waals surface area contributed by atoms with Gasteiger partial charge in [-0.15, -0.1) is 0 Å². The van der Waals surface area contributed by atoms with Crippen LogP contribution in [0.5, 0.6) is 5.75 Å². The molecule has 11 heteroatoms. The van der Waals surface area contributed by atoms with Crippen molar-refractivity contribution in [3.05, 3.63) is 66.5 Å². The van der Waals surface area contributed by atoms with E-state index in [9.17, 15) is 18.0 Å². The minimum absolute atomic E-state index is 0.00486. The lowest BCUT2D eigenvalue weighted by Gasteiger charge is -2.10. The molecule has 0 saturated heterocycles. The van der Waals surface area contributed by atoms with Crippen molar-refractivity contribution in [2.24, 2.45) is 0 Å². The van der Waals surface area contributed by atoms with E-state index in [-0.39, 0.29) is 29.0 Å². The molecule has 0 fully saturated rings. The molecule has 10 nitrogen and oxygen atoms in total. The van der Waals surface area contributed by atoms with Crippen molar-refractivity contribution in [3.63, 3.8) is 0 Å². The van der Waals surface area contributed by atoms with Crippen molar-refractivity contribution in [1.29, 1.82) is 0 Å². The number of nitrogens with zero attached hydrogens (tertiary/aromatic N) is 2. The number of hydrogen-bond donors (Lipinski definition) is 3. The molecule has 0 saturated carbocycles. The number of benzene rings is 2. The molecule has 2 aromatic carbocycles. The van der Waals surface area contributed by atoms with Crippen molar-refractivity contribution in [3.8, 4) is 5.75 Å². The van der Waals surface area contributed by atoms with Gasteiger partial charge in [0, 0.05) is 23.5 Å². The molecule has 174 valence electrons. The Kier molecular flexibility index (Phi) is 7.46. The molecule has 0 radical (unpaired) electrons. The lowest BCUT2D eigenvalue weighted by Crippen LogP contribution is -2.30. The summed E-state index contributed by atoms with van der Waals surface area (Å²) in [6.07, 6.45) is 2.91. The van der Waals surface area contributed by atoms with Gasteiger partial charge in [0.15, 0.2) is 0 Å². The Bertz CT molecular complexity index is 1240. The third-order valence-corrected chi connectivity index (χ3v) is 6.02.